The van der Waals surface area contributed by atoms with E-state index in [1.165, 1.54) is 13.0 Å². The zero-order chi connectivity index (χ0) is 14.4. The van der Waals surface area contributed by atoms with Crippen molar-refractivity contribution < 1.29 is 9.85 Å². The highest BCUT2D eigenvalue weighted by atomic mass is 16.6. The van der Waals surface area contributed by atoms with E-state index in [9.17, 15) is 20.2 Å². The maximum absolute atomic E-state index is 11.3. The van der Waals surface area contributed by atoms with Gasteiger partial charge in [-0.2, -0.15) is 0 Å². The fourth-order valence-corrected chi connectivity index (χ4v) is 3.02. The molecule has 0 atom stereocenters. The zero-order valence-corrected chi connectivity index (χ0v) is 11.2. The van der Waals surface area contributed by atoms with Gasteiger partial charge in [0.2, 0.25) is 0 Å². The van der Waals surface area contributed by atoms with E-state index in [4.69, 9.17) is 0 Å². The lowest BCUT2D eigenvalue weighted by molar-refractivity contribution is -0.396. The van der Waals surface area contributed by atoms with Crippen LogP contribution in [0.5, 0.6) is 0 Å². The Balaban J connectivity index is 2.85. The number of nitro groups is 2. The van der Waals surface area contributed by atoms with Crippen molar-refractivity contribution >= 4 is 11.4 Å². The smallest absolute Gasteiger partial charge is 0.258 e. The third-order valence-electron chi connectivity index (χ3n) is 3.91. The molecule has 0 saturated heterocycles. The Kier molecular flexibility index (Phi) is 3.04. The average molecular weight is 264 g/mol. The molecule has 6 nitrogen and oxygen atoms in total. The molecule has 0 bridgehead atoms. The lowest BCUT2D eigenvalue weighted by Crippen LogP contribution is -2.26. The van der Waals surface area contributed by atoms with Gasteiger partial charge in [-0.05, 0) is 37.2 Å². The molecular formula is C13H16N2O4. The van der Waals surface area contributed by atoms with Gasteiger partial charge in [0.15, 0.2) is 0 Å². The molecule has 0 amide bonds. The molecule has 0 radical (unpaired) electrons. The molecule has 0 spiro atoms. The monoisotopic (exact) mass is 264 g/mol. The number of nitro benzene ring substituents is 2. The van der Waals surface area contributed by atoms with Crippen molar-refractivity contribution in [2.24, 2.45) is 0 Å². The minimum absolute atomic E-state index is 0.0751. The van der Waals surface area contributed by atoms with E-state index < -0.39 is 9.85 Å². The van der Waals surface area contributed by atoms with Crippen LogP contribution in [0.2, 0.25) is 0 Å². The Labute approximate surface area is 110 Å². The molecule has 0 heterocycles. The number of nitrogens with zero attached hydrogens (tertiary/aromatic N) is 2. The molecule has 0 aromatic heterocycles. The van der Waals surface area contributed by atoms with Crippen molar-refractivity contribution in [3.8, 4) is 0 Å². The SMILES string of the molecule is Cc1c([N+](=O)[O-])cc2c(c1[N+](=O)[O-])C(C)(C)CCC2. The highest BCUT2D eigenvalue weighted by Crippen LogP contribution is 2.45. The molecule has 6 heteroatoms. The van der Waals surface area contributed by atoms with Crippen molar-refractivity contribution in [2.45, 2.75) is 45.4 Å². The van der Waals surface area contributed by atoms with E-state index in [0.29, 0.717) is 12.0 Å². The standard InChI is InChI=1S/C13H16N2O4/c1-8-10(14(16)17)7-9-5-4-6-13(2,3)11(9)12(8)15(18)19/h7H,4-6H2,1-3H3. The second-order valence-electron chi connectivity index (χ2n) is 5.66. The number of benzene rings is 1. The zero-order valence-electron chi connectivity index (χ0n) is 11.2. The van der Waals surface area contributed by atoms with Crippen molar-refractivity contribution in [1.29, 1.82) is 0 Å². The van der Waals surface area contributed by atoms with Gasteiger partial charge in [-0.15, -0.1) is 0 Å². The van der Waals surface area contributed by atoms with Gasteiger partial charge in [0.05, 0.1) is 9.85 Å². The van der Waals surface area contributed by atoms with Gasteiger partial charge in [0.25, 0.3) is 11.4 Å². The molecule has 0 unspecified atom stereocenters. The Bertz CT molecular complexity index is 578. The van der Waals surface area contributed by atoms with Crippen LogP contribution in [0, 0.1) is 27.2 Å². The molecule has 1 aromatic rings. The maximum Gasteiger partial charge on any atom is 0.283 e. The van der Waals surface area contributed by atoms with E-state index in [2.05, 4.69) is 0 Å². The van der Waals surface area contributed by atoms with Gasteiger partial charge < -0.3 is 0 Å². The fraction of sp³-hybridized carbons (Fsp3) is 0.538. The fourth-order valence-electron chi connectivity index (χ4n) is 3.02. The number of aryl methyl sites for hydroxylation is 1. The summed E-state index contributed by atoms with van der Waals surface area (Å²) in [5.41, 5.74) is 1.04. The van der Waals surface area contributed by atoms with Crippen molar-refractivity contribution in [3.63, 3.8) is 0 Å². The molecule has 0 fully saturated rings. The van der Waals surface area contributed by atoms with E-state index >= 15 is 0 Å². The summed E-state index contributed by atoms with van der Waals surface area (Å²) in [6, 6.07) is 1.51. The van der Waals surface area contributed by atoms with Crippen LogP contribution in [0.1, 0.15) is 43.4 Å². The van der Waals surface area contributed by atoms with Gasteiger partial charge in [-0.25, -0.2) is 0 Å². The van der Waals surface area contributed by atoms with Crippen LogP contribution in [-0.2, 0) is 11.8 Å². The van der Waals surface area contributed by atoms with Crippen LogP contribution >= 0.6 is 0 Å². The van der Waals surface area contributed by atoms with Crippen LogP contribution in [0.4, 0.5) is 11.4 Å². The summed E-state index contributed by atoms with van der Waals surface area (Å²) in [7, 11) is 0. The van der Waals surface area contributed by atoms with Crippen molar-refractivity contribution in [3.05, 3.63) is 43.0 Å². The second kappa shape index (κ2) is 4.29. The first-order valence-corrected chi connectivity index (χ1v) is 6.21. The largest absolute Gasteiger partial charge is 0.283 e. The molecular weight excluding hydrogens is 248 g/mol. The summed E-state index contributed by atoms with van der Waals surface area (Å²) in [6.45, 7) is 5.38. The first-order chi connectivity index (χ1) is 8.75. The summed E-state index contributed by atoms with van der Waals surface area (Å²) < 4.78 is 0. The van der Waals surface area contributed by atoms with Crippen LogP contribution in [0.15, 0.2) is 6.07 Å². The molecule has 0 saturated carbocycles. The molecule has 0 aliphatic heterocycles. The quantitative estimate of drug-likeness (QED) is 0.604. The Hall–Kier alpha value is -1.98. The number of fused-ring (bicyclic) bond motifs is 1. The third-order valence-corrected chi connectivity index (χ3v) is 3.91. The van der Waals surface area contributed by atoms with Crippen LogP contribution in [0.25, 0.3) is 0 Å². The van der Waals surface area contributed by atoms with Crippen molar-refractivity contribution in [2.75, 3.05) is 0 Å². The van der Waals surface area contributed by atoms with Crippen LogP contribution in [-0.4, -0.2) is 9.85 Å². The molecule has 2 rings (SSSR count). The predicted octanol–water partition coefficient (Wildman–Crippen LogP) is 3.43. The molecule has 0 N–H and O–H groups in total. The highest BCUT2D eigenvalue weighted by Gasteiger charge is 2.38. The summed E-state index contributed by atoms with van der Waals surface area (Å²) >= 11 is 0. The summed E-state index contributed by atoms with van der Waals surface area (Å²) in [6.07, 6.45) is 2.43. The van der Waals surface area contributed by atoms with Gasteiger partial charge in [-0.1, -0.05) is 13.8 Å². The minimum Gasteiger partial charge on any atom is -0.258 e. The van der Waals surface area contributed by atoms with Crippen LogP contribution < -0.4 is 0 Å². The predicted molar refractivity (Wildman–Crippen MR) is 70.5 cm³/mol. The maximum atomic E-state index is 11.3. The van der Waals surface area contributed by atoms with Crippen LogP contribution in [0.3, 0.4) is 0 Å². The first kappa shape index (κ1) is 13.5. The normalized spacial score (nSPS) is 16.8. The molecule has 1 aliphatic carbocycles. The number of hydrogen-bond donors (Lipinski definition) is 0. The minimum atomic E-state index is -0.537. The molecule has 1 aromatic carbocycles. The highest BCUT2D eigenvalue weighted by molar-refractivity contribution is 5.63. The first-order valence-electron chi connectivity index (χ1n) is 6.21. The van der Waals surface area contributed by atoms with E-state index in [-0.39, 0.29) is 22.4 Å². The summed E-state index contributed by atoms with van der Waals surface area (Å²) in [5, 5.41) is 22.4. The lowest BCUT2D eigenvalue weighted by Gasteiger charge is -2.32. The van der Waals surface area contributed by atoms with E-state index in [1.54, 1.807) is 0 Å². The Morgan fingerprint density at radius 3 is 2.37 bits per heavy atom. The van der Waals surface area contributed by atoms with Gasteiger partial charge in [-0.3, -0.25) is 20.2 Å². The summed E-state index contributed by atoms with van der Waals surface area (Å²) in [4.78, 5) is 21.4. The number of rotatable bonds is 2. The van der Waals surface area contributed by atoms with Crippen molar-refractivity contribution in [1.82, 2.24) is 0 Å². The summed E-state index contributed by atoms with van der Waals surface area (Å²) in [5.74, 6) is 0. The average Bonchev–Trinajstić information content (AvgIpc) is 2.28. The van der Waals surface area contributed by atoms with Gasteiger partial charge >= 0.3 is 0 Å². The Morgan fingerprint density at radius 1 is 1.21 bits per heavy atom. The molecule has 1 aliphatic rings. The molecule has 19 heavy (non-hydrogen) atoms. The van der Waals surface area contributed by atoms with E-state index in [1.807, 2.05) is 13.8 Å². The Morgan fingerprint density at radius 2 is 1.84 bits per heavy atom. The third kappa shape index (κ3) is 2.07. The van der Waals surface area contributed by atoms with E-state index in [0.717, 1.165) is 18.4 Å². The molecule has 102 valence electrons. The number of hydrogen-bond acceptors (Lipinski definition) is 4. The lowest BCUT2D eigenvalue weighted by atomic mass is 9.71. The van der Waals surface area contributed by atoms with Gasteiger partial charge in [0, 0.05) is 11.6 Å². The van der Waals surface area contributed by atoms with Gasteiger partial charge in [0.1, 0.15) is 5.56 Å². The second-order valence-corrected chi connectivity index (χ2v) is 5.66. The topological polar surface area (TPSA) is 86.3 Å².